The highest BCUT2D eigenvalue weighted by atomic mass is 16.6. The molecule has 1 unspecified atom stereocenters. The fourth-order valence-electron chi connectivity index (χ4n) is 2.81. The molecule has 26 heavy (non-hydrogen) atoms. The second-order valence-electron chi connectivity index (χ2n) is 7.01. The highest BCUT2D eigenvalue weighted by molar-refractivity contribution is 5.89. The highest BCUT2D eigenvalue weighted by Gasteiger charge is 2.21. The van der Waals surface area contributed by atoms with Gasteiger partial charge in [-0.15, -0.1) is 0 Å². The van der Waals surface area contributed by atoms with Gasteiger partial charge in [0.25, 0.3) is 0 Å². The maximum absolute atomic E-state index is 11.5. The lowest BCUT2D eigenvalue weighted by Gasteiger charge is -2.18. The van der Waals surface area contributed by atoms with Crippen LogP contribution in [0.2, 0.25) is 0 Å². The Bertz CT molecular complexity index is 934. The van der Waals surface area contributed by atoms with Gasteiger partial charge in [-0.2, -0.15) is 0 Å². The molecule has 0 saturated heterocycles. The van der Waals surface area contributed by atoms with E-state index < -0.39 is 0 Å². The molecule has 0 bridgehead atoms. The van der Waals surface area contributed by atoms with Crippen LogP contribution in [0.5, 0.6) is 5.75 Å². The predicted molar refractivity (Wildman–Crippen MR) is 106 cm³/mol. The molecule has 0 spiro atoms. The molecular formula is C22H23NO3. The maximum atomic E-state index is 11.5. The molecule has 0 aliphatic carbocycles. The van der Waals surface area contributed by atoms with Crippen molar-refractivity contribution in [1.29, 1.82) is 0 Å². The van der Waals surface area contributed by atoms with Gasteiger partial charge in [-0.05, 0) is 34.2 Å². The van der Waals surface area contributed by atoms with Crippen molar-refractivity contribution in [1.82, 2.24) is 0 Å². The lowest BCUT2D eigenvalue weighted by atomic mass is 9.98. The Kier molecular flexibility index (Phi) is 5.21. The molecule has 0 amide bonds. The number of benzene rings is 3. The van der Waals surface area contributed by atoms with Gasteiger partial charge in [-0.25, -0.2) is 0 Å². The SMILES string of the molecule is CC(C)C(C)COc1c(-c2ccc3ccccc3c2)cccc1[N+](=O)[O-]. The number of hydrogen-bond donors (Lipinski definition) is 0. The summed E-state index contributed by atoms with van der Waals surface area (Å²) in [7, 11) is 0. The van der Waals surface area contributed by atoms with Gasteiger partial charge >= 0.3 is 5.69 Å². The monoisotopic (exact) mass is 349 g/mol. The summed E-state index contributed by atoms with van der Waals surface area (Å²) < 4.78 is 5.98. The summed E-state index contributed by atoms with van der Waals surface area (Å²) in [5.41, 5.74) is 1.67. The first kappa shape index (κ1) is 17.9. The third-order valence-corrected chi connectivity index (χ3v) is 4.88. The summed E-state index contributed by atoms with van der Waals surface area (Å²) in [4.78, 5) is 11.1. The smallest absolute Gasteiger partial charge is 0.311 e. The number of nitro groups is 1. The molecule has 0 radical (unpaired) electrons. The van der Waals surface area contributed by atoms with Crippen molar-refractivity contribution < 1.29 is 9.66 Å². The average Bonchev–Trinajstić information content (AvgIpc) is 2.65. The van der Waals surface area contributed by atoms with E-state index in [-0.39, 0.29) is 10.6 Å². The van der Waals surface area contributed by atoms with Crippen LogP contribution in [0.4, 0.5) is 5.69 Å². The number of rotatable bonds is 6. The molecular weight excluding hydrogens is 326 g/mol. The van der Waals surface area contributed by atoms with Crippen LogP contribution in [-0.2, 0) is 0 Å². The zero-order chi connectivity index (χ0) is 18.7. The summed E-state index contributed by atoms with van der Waals surface area (Å²) in [5, 5.41) is 13.8. The summed E-state index contributed by atoms with van der Waals surface area (Å²) in [6.07, 6.45) is 0. The van der Waals surface area contributed by atoms with E-state index >= 15 is 0 Å². The third kappa shape index (κ3) is 3.69. The number of para-hydroxylation sites is 1. The molecule has 134 valence electrons. The number of ether oxygens (including phenoxy) is 1. The Morgan fingerprint density at radius 3 is 2.38 bits per heavy atom. The Morgan fingerprint density at radius 1 is 0.962 bits per heavy atom. The number of nitrogens with zero attached hydrogens (tertiary/aromatic N) is 1. The van der Waals surface area contributed by atoms with E-state index in [1.165, 1.54) is 6.07 Å². The zero-order valence-electron chi connectivity index (χ0n) is 15.3. The van der Waals surface area contributed by atoms with Crippen LogP contribution < -0.4 is 4.74 Å². The van der Waals surface area contributed by atoms with Crippen molar-refractivity contribution in [3.8, 4) is 16.9 Å². The first-order valence-corrected chi connectivity index (χ1v) is 8.86. The van der Waals surface area contributed by atoms with Crippen molar-refractivity contribution in [2.45, 2.75) is 20.8 Å². The number of hydrogen-bond acceptors (Lipinski definition) is 3. The maximum Gasteiger partial charge on any atom is 0.311 e. The summed E-state index contributed by atoms with van der Waals surface area (Å²) in [6, 6.07) is 19.2. The van der Waals surface area contributed by atoms with Crippen molar-refractivity contribution in [2.24, 2.45) is 11.8 Å². The summed E-state index contributed by atoms with van der Waals surface area (Å²) in [5.74, 6) is 1.10. The Hall–Kier alpha value is -2.88. The Balaban J connectivity index is 2.07. The minimum Gasteiger partial charge on any atom is -0.486 e. The second kappa shape index (κ2) is 7.56. The van der Waals surface area contributed by atoms with Gasteiger partial charge < -0.3 is 4.74 Å². The molecule has 3 rings (SSSR count). The minimum atomic E-state index is -0.375. The van der Waals surface area contributed by atoms with Crippen LogP contribution in [0, 0.1) is 22.0 Å². The molecule has 0 aliphatic heterocycles. The van der Waals surface area contributed by atoms with Crippen molar-refractivity contribution >= 4 is 16.5 Å². The zero-order valence-corrected chi connectivity index (χ0v) is 15.3. The second-order valence-corrected chi connectivity index (χ2v) is 7.01. The predicted octanol–water partition coefficient (Wildman–Crippen LogP) is 6.09. The number of nitro benzene ring substituents is 1. The topological polar surface area (TPSA) is 52.4 Å². The molecule has 0 saturated carbocycles. The normalized spacial score (nSPS) is 12.3. The standard InChI is InChI=1S/C22H23NO3/c1-15(2)16(3)14-26-22-20(9-6-10-21(22)23(24)25)19-12-11-17-7-4-5-8-18(17)13-19/h4-13,15-16H,14H2,1-3H3. The fraction of sp³-hybridized carbons (Fsp3) is 0.273. The summed E-state index contributed by atoms with van der Waals surface area (Å²) >= 11 is 0. The van der Waals surface area contributed by atoms with E-state index in [4.69, 9.17) is 4.74 Å². The molecule has 4 heteroatoms. The average molecular weight is 349 g/mol. The van der Waals surface area contributed by atoms with E-state index in [0.717, 1.165) is 21.9 Å². The van der Waals surface area contributed by atoms with Crippen molar-refractivity contribution in [3.05, 3.63) is 70.8 Å². The van der Waals surface area contributed by atoms with Crippen LogP contribution in [0.15, 0.2) is 60.7 Å². The van der Waals surface area contributed by atoms with Crippen LogP contribution in [-0.4, -0.2) is 11.5 Å². The molecule has 0 N–H and O–H groups in total. The first-order chi connectivity index (χ1) is 12.5. The fourth-order valence-corrected chi connectivity index (χ4v) is 2.81. The lowest BCUT2D eigenvalue weighted by Crippen LogP contribution is -2.15. The van der Waals surface area contributed by atoms with Crippen LogP contribution >= 0.6 is 0 Å². The largest absolute Gasteiger partial charge is 0.486 e. The van der Waals surface area contributed by atoms with Gasteiger partial charge in [0, 0.05) is 11.6 Å². The molecule has 3 aromatic carbocycles. The third-order valence-electron chi connectivity index (χ3n) is 4.88. The van der Waals surface area contributed by atoms with Crippen molar-refractivity contribution in [2.75, 3.05) is 6.61 Å². The highest BCUT2D eigenvalue weighted by Crippen LogP contribution is 2.39. The van der Waals surface area contributed by atoms with E-state index in [1.54, 1.807) is 6.07 Å². The van der Waals surface area contributed by atoms with Crippen molar-refractivity contribution in [3.63, 3.8) is 0 Å². The Morgan fingerprint density at radius 2 is 1.69 bits per heavy atom. The molecule has 4 nitrogen and oxygen atoms in total. The van der Waals surface area contributed by atoms with E-state index in [2.05, 4.69) is 20.8 Å². The minimum absolute atomic E-state index is 0.00612. The summed E-state index contributed by atoms with van der Waals surface area (Å²) in [6.45, 7) is 6.79. The Labute approximate surface area is 153 Å². The molecule has 0 fully saturated rings. The lowest BCUT2D eigenvalue weighted by molar-refractivity contribution is -0.385. The van der Waals surface area contributed by atoms with Gasteiger partial charge in [0.05, 0.1) is 11.5 Å². The van der Waals surface area contributed by atoms with E-state index in [1.807, 2.05) is 48.5 Å². The van der Waals surface area contributed by atoms with Crippen LogP contribution in [0.3, 0.4) is 0 Å². The van der Waals surface area contributed by atoms with Gasteiger partial charge in [0.15, 0.2) is 0 Å². The van der Waals surface area contributed by atoms with Crippen LogP contribution in [0.25, 0.3) is 21.9 Å². The molecule has 0 heterocycles. The van der Waals surface area contributed by atoms with Gasteiger partial charge in [-0.3, -0.25) is 10.1 Å². The van der Waals surface area contributed by atoms with Gasteiger partial charge in [-0.1, -0.05) is 69.3 Å². The van der Waals surface area contributed by atoms with Gasteiger partial charge in [0.1, 0.15) is 0 Å². The van der Waals surface area contributed by atoms with E-state index in [0.29, 0.717) is 24.2 Å². The first-order valence-electron chi connectivity index (χ1n) is 8.86. The van der Waals surface area contributed by atoms with Gasteiger partial charge in [0.2, 0.25) is 5.75 Å². The quantitative estimate of drug-likeness (QED) is 0.400. The number of fused-ring (bicyclic) bond motifs is 1. The van der Waals surface area contributed by atoms with E-state index in [9.17, 15) is 10.1 Å². The molecule has 0 aromatic heterocycles. The van der Waals surface area contributed by atoms with Crippen LogP contribution in [0.1, 0.15) is 20.8 Å². The molecule has 3 aromatic rings. The molecule has 0 aliphatic rings. The molecule has 1 atom stereocenters.